The first-order valence-electron chi connectivity index (χ1n) is 5.78. The second kappa shape index (κ2) is 6.26. The minimum atomic E-state index is -0.530. The number of nitrogens with one attached hydrogen (secondary N) is 1. The zero-order valence-electron chi connectivity index (χ0n) is 11.2. The molecule has 1 aromatic carbocycles. The molecule has 0 unspecified atom stereocenters. The maximum absolute atomic E-state index is 11.8. The molecule has 0 saturated carbocycles. The molecule has 18 heavy (non-hydrogen) atoms. The number of hydrogen-bond acceptors (Lipinski definition) is 4. The Balaban J connectivity index is 2.82. The minimum absolute atomic E-state index is 0.0881. The Bertz CT molecular complexity index is 419. The molecule has 0 aliphatic carbocycles. The van der Waals surface area contributed by atoms with Crippen molar-refractivity contribution in [2.24, 2.45) is 11.7 Å². The maximum atomic E-state index is 11.8. The van der Waals surface area contributed by atoms with Crippen molar-refractivity contribution < 1.29 is 14.3 Å². The van der Waals surface area contributed by atoms with E-state index < -0.39 is 6.04 Å². The quantitative estimate of drug-likeness (QED) is 0.835. The first-order chi connectivity index (χ1) is 8.49. The van der Waals surface area contributed by atoms with Crippen molar-refractivity contribution >= 4 is 11.6 Å². The van der Waals surface area contributed by atoms with E-state index in [-0.39, 0.29) is 11.8 Å². The van der Waals surface area contributed by atoms with Gasteiger partial charge in [0.05, 0.1) is 20.3 Å². The van der Waals surface area contributed by atoms with Crippen molar-refractivity contribution in [3.63, 3.8) is 0 Å². The summed E-state index contributed by atoms with van der Waals surface area (Å²) in [5.41, 5.74) is 6.40. The van der Waals surface area contributed by atoms with Gasteiger partial charge in [0.1, 0.15) is 0 Å². The van der Waals surface area contributed by atoms with Crippen molar-refractivity contribution in [3.05, 3.63) is 18.2 Å². The number of ether oxygens (including phenoxy) is 2. The zero-order chi connectivity index (χ0) is 13.7. The molecule has 1 aromatic rings. The van der Waals surface area contributed by atoms with E-state index in [1.165, 1.54) is 0 Å². The van der Waals surface area contributed by atoms with Gasteiger partial charge in [-0.05, 0) is 18.1 Å². The molecule has 1 rings (SSSR count). The Hall–Kier alpha value is -1.75. The van der Waals surface area contributed by atoms with Crippen LogP contribution < -0.4 is 20.5 Å². The summed E-state index contributed by atoms with van der Waals surface area (Å²) >= 11 is 0. The van der Waals surface area contributed by atoms with Crippen LogP contribution in [0.3, 0.4) is 0 Å². The molecule has 0 saturated heterocycles. The van der Waals surface area contributed by atoms with Crippen LogP contribution in [0.25, 0.3) is 0 Å². The van der Waals surface area contributed by atoms with E-state index in [4.69, 9.17) is 15.2 Å². The van der Waals surface area contributed by atoms with Gasteiger partial charge in [0.25, 0.3) is 0 Å². The zero-order valence-corrected chi connectivity index (χ0v) is 11.2. The van der Waals surface area contributed by atoms with E-state index in [2.05, 4.69) is 5.32 Å². The van der Waals surface area contributed by atoms with Crippen LogP contribution in [0.5, 0.6) is 11.5 Å². The molecule has 5 heteroatoms. The highest BCUT2D eigenvalue weighted by Crippen LogP contribution is 2.29. The third kappa shape index (κ3) is 3.37. The second-order valence-corrected chi connectivity index (χ2v) is 4.33. The summed E-state index contributed by atoms with van der Waals surface area (Å²) in [6.45, 7) is 3.80. The van der Waals surface area contributed by atoms with Crippen molar-refractivity contribution in [3.8, 4) is 11.5 Å². The molecule has 5 nitrogen and oxygen atoms in total. The first-order valence-corrected chi connectivity index (χ1v) is 5.78. The van der Waals surface area contributed by atoms with E-state index >= 15 is 0 Å². The fourth-order valence-corrected chi connectivity index (χ4v) is 1.44. The lowest BCUT2D eigenvalue weighted by Gasteiger charge is -2.16. The van der Waals surface area contributed by atoms with Crippen LogP contribution in [0.4, 0.5) is 5.69 Å². The van der Waals surface area contributed by atoms with Gasteiger partial charge < -0.3 is 20.5 Å². The summed E-state index contributed by atoms with van der Waals surface area (Å²) in [6.07, 6.45) is 0. The Morgan fingerprint density at radius 2 is 1.83 bits per heavy atom. The van der Waals surface area contributed by atoms with E-state index in [1.807, 2.05) is 13.8 Å². The molecule has 1 amide bonds. The highest BCUT2D eigenvalue weighted by atomic mass is 16.5. The average Bonchev–Trinajstić information content (AvgIpc) is 2.37. The van der Waals surface area contributed by atoms with Crippen LogP contribution in [0, 0.1) is 5.92 Å². The smallest absolute Gasteiger partial charge is 0.241 e. The van der Waals surface area contributed by atoms with E-state index in [9.17, 15) is 4.79 Å². The van der Waals surface area contributed by atoms with Gasteiger partial charge in [-0.1, -0.05) is 13.8 Å². The van der Waals surface area contributed by atoms with E-state index in [0.29, 0.717) is 17.2 Å². The Morgan fingerprint density at radius 3 is 2.33 bits per heavy atom. The van der Waals surface area contributed by atoms with Crippen molar-refractivity contribution in [2.75, 3.05) is 19.5 Å². The third-order valence-electron chi connectivity index (χ3n) is 2.67. The summed E-state index contributed by atoms with van der Waals surface area (Å²) in [5, 5.41) is 2.75. The number of methoxy groups -OCH3 is 2. The predicted octanol–water partition coefficient (Wildman–Crippen LogP) is 1.63. The fraction of sp³-hybridized carbons (Fsp3) is 0.462. The molecular weight excluding hydrogens is 232 g/mol. The van der Waals surface area contributed by atoms with Crippen LogP contribution in [-0.4, -0.2) is 26.2 Å². The normalized spacial score (nSPS) is 12.1. The number of amides is 1. The molecule has 0 aliphatic rings. The third-order valence-corrected chi connectivity index (χ3v) is 2.67. The van der Waals surface area contributed by atoms with E-state index in [1.54, 1.807) is 32.4 Å². The molecule has 0 aromatic heterocycles. The lowest BCUT2D eigenvalue weighted by atomic mass is 10.0. The van der Waals surface area contributed by atoms with Crippen LogP contribution >= 0.6 is 0 Å². The summed E-state index contributed by atoms with van der Waals surface area (Å²) < 4.78 is 10.3. The highest BCUT2D eigenvalue weighted by Gasteiger charge is 2.17. The standard InChI is InChI=1S/C13H20N2O3/c1-8(2)12(14)13(16)15-9-5-6-10(17-3)11(7-9)18-4/h5-8,12H,14H2,1-4H3,(H,15,16)/t12-/m1/s1. The summed E-state index contributed by atoms with van der Waals surface area (Å²) in [7, 11) is 3.11. The molecule has 0 aliphatic heterocycles. The monoisotopic (exact) mass is 252 g/mol. The van der Waals surface area contributed by atoms with Crippen LogP contribution in [-0.2, 0) is 4.79 Å². The van der Waals surface area contributed by atoms with Crippen LogP contribution in [0.1, 0.15) is 13.8 Å². The predicted molar refractivity (Wildman–Crippen MR) is 71.0 cm³/mol. The number of anilines is 1. The topological polar surface area (TPSA) is 73.6 Å². The molecule has 1 atom stereocenters. The molecular formula is C13H20N2O3. The summed E-state index contributed by atoms with van der Waals surface area (Å²) in [6, 6.07) is 4.64. The average molecular weight is 252 g/mol. The van der Waals surface area contributed by atoms with Crippen molar-refractivity contribution in [1.82, 2.24) is 0 Å². The Morgan fingerprint density at radius 1 is 1.22 bits per heavy atom. The number of carbonyl (C=O) groups is 1. The lowest BCUT2D eigenvalue weighted by Crippen LogP contribution is -2.39. The molecule has 3 N–H and O–H groups in total. The van der Waals surface area contributed by atoms with Crippen molar-refractivity contribution in [2.45, 2.75) is 19.9 Å². The second-order valence-electron chi connectivity index (χ2n) is 4.33. The Kier molecular flexibility index (Phi) is 4.97. The number of benzene rings is 1. The van der Waals surface area contributed by atoms with Crippen LogP contribution in [0.15, 0.2) is 18.2 Å². The van der Waals surface area contributed by atoms with Gasteiger partial charge in [-0.25, -0.2) is 0 Å². The van der Waals surface area contributed by atoms with Gasteiger partial charge in [0.2, 0.25) is 5.91 Å². The summed E-state index contributed by atoms with van der Waals surface area (Å²) in [4.78, 5) is 11.8. The van der Waals surface area contributed by atoms with Crippen molar-refractivity contribution in [1.29, 1.82) is 0 Å². The SMILES string of the molecule is COc1ccc(NC(=O)[C@H](N)C(C)C)cc1OC. The minimum Gasteiger partial charge on any atom is -0.493 e. The lowest BCUT2D eigenvalue weighted by molar-refractivity contribution is -0.118. The van der Waals surface area contributed by atoms with E-state index in [0.717, 1.165) is 0 Å². The fourth-order valence-electron chi connectivity index (χ4n) is 1.44. The largest absolute Gasteiger partial charge is 0.493 e. The van der Waals surface area contributed by atoms with Crippen LogP contribution in [0.2, 0.25) is 0 Å². The van der Waals surface area contributed by atoms with Gasteiger partial charge in [0.15, 0.2) is 11.5 Å². The molecule has 0 spiro atoms. The van der Waals surface area contributed by atoms with Gasteiger partial charge in [-0.15, -0.1) is 0 Å². The highest BCUT2D eigenvalue weighted by molar-refractivity contribution is 5.95. The van der Waals surface area contributed by atoms with Gasteiger partial charge >= 0.3 is 0 Å². The number of hydrogen-bond donors (Lipinski definition) is 2. The maximum Gasteiger partial charge on any atom is 0.241 e. The summed E-state index contributed by atoms with van der Waals surface area (Å²) in [5.74, 6) is 1.06. The molecule has 0 bridgehead atoms. The molecule has 100 valence electrons. The first kappa shape index (κ1) is 14.3. The number of nitrogens with two attached hydrogens (primary N) is 1. The van der Waals surface area contributed by atoms with Gasteiger partial charge in [-0.2, -0.15) is 0 Å². The van der Waals surface area contributed by atoms with Gasteiger partial charge in [-0.3, -0.25) is 4.79 Å². The molecule has 0 heterocycles. The number of carbonyl (C=O) groups excluding carboxylic acids is 1. The Labute approximate surface area is 107 Å². The molecule has 0 radical (unpaired) electrons. The van der Waals surface area contributed by atoms with Gasteiger partial charge in [0, 0.05) is 11.8 Å². The number of rotatable bonds is 5. The molecule has 0 fully saturated rings.